The second kappa shape index (κ2) is 35.4. The van der Waals surface area contributed by atoms with Crippen molar-refractivity contribution in [1.29, 1.82) is 0 Å². The molecule has 0 aromatic heterocycles. The van der Waals surface area contributed by atoms with Gasteiger partial charge < -0.3 is 122 Å². The van der Waals surface area contributed by atoms with E-state index in [0.717, 1.165) is 31.9 Å². The average Bonchev–Trinajstić information content (AvgIpc) is 1.37. The van der Waals surface area contributed by atoms with Crippen molar-refractivity contribution >= 4 is 37.2 Å². The maximum absolute atomic E-state index is 12.6. The number of carbonyl (C=O) groups is 1. The van der Waals surface area contributed by atoms with Crippen LogP contribution in [0.2, 0.25) is 0 Å². The first kappa shape index (κ1) is 91.6. The quantitative estimate of drug-likeness (QED) is 0.0141. The van der Waals surface area contributed by atoms with Crippen molar-refractivity contribution in [1.82, 2.24) is 0 Å². The molecule has 35 nitrogen and oxygen atoms in total. The molecule has 572 valence electrons. The van der Waals surface area contributed by atoms with Crippen molar-refractivity contribution in [2.45, 2.75) is 280 Å². The molecule has 0 bridgehead atoms. The summed E-state index contributed by atoms with van der Waals surface area (Å²) in [6.07, 6.45) is -38.7. The molecule has 0 aromatic rings. The zero-order chi connectivity index (χ0) is 73.4. The van der Waals surface area contributed by atoms with Gasteiger partial charge in [0.2, 0.25) is 31.2 Å². The molecule has 41 heteroatoms. The molecule has 5 saturated heterocycles. The van der Waals surface area contributed by atoms with Crippen molar-refractivity contribution in [3.8, 4) is 0 Å². The Hall–Kier alpha value is 0.720. The van der Waals surface area contributed by atoms with E-state index < -0.39 is 234 Å². The molecule has 0 aromatic carbocycles. The summed E-state index contributed by atoms with van der Waals surface area (Å²) in [6.45, 7) is 15.2. The standard InChI is InChI=1S/C61H100O35S3.3Na/c1-26(2)12-15-38(88-28(4)62)61(10,72)36-17-21-59(8)30-13-14-35-57(5,6)37(18-19-58(35,7)29(30)16-20-60(36,59)9)91-55-50(42(67)34(23-84-55)96-99(79,80)81)95-56-51(94-52-43(68)39(64)31(63)22-83-52)44(69)47(27(3)87-56)92-54-46(71)49(41(66)33(90-54)25-86-98(76,77)78)93-53-45(70)48(82-11)40(65)32(89-53)24-85-97(73,74)75;;;/h12-13,27,29,31-56,63-72H,14-25H2,1-11H3,(H,73,74,75)(H,76,77,78)(H,79,80,81);;;/q;3*+1/p-3/t27-,29-,31-,32-,33-,34-,35+,36+,37+,38-,39+,40-,41-,42+,43-,44+,45-,46-,47-,48+,49+,50-,51-,52+,53+,54+,55+,56+,58-,59+,60-,61-;;;/m1.../s1. The van der Waals surface area contributed by atoms with Gasteiger partial charge in [-0.05, 0) is 112 Å². The van der Waals surface area contributed by atoms with Gasteiger partial charge in [-0.25, -0.2) is 25.3 Å². The van der Waals surface area contributed by atoms with E-state index in [1.165, 1.54) is 19.4 Å². The van der Waals surface area contributed by atoms with Crippen molar-refractivity contribution in [3.63, 3.8) is 0 Å². The third kappa shape index (κ3) is 19.5. The van der Waals surface area contributed by atoms with E-state index >= 15 is 0 Å². The molecule has 0 unspecified atom stereocenters. The number of rotatable bonds is 24. The predicted octanol–water partition coefficient (Wildman–Crippen LogP) is -11.5. The molecule has 9 aliphatic rings. The van der Waals surface area contributed by atoms with Gasteiger partial charge in [-0.2, -0.15) is 0 Å². The molecule has 9 rings (SSSR count). The number of fused-ring (bicyclic) bond motifs is 5. The van der Waals surface area contributed by atoms with Crippen LogP contribution in [-0.4, -0.2) is 289 Å². The van der Waals surface area contributed by atoms with Crippen molar-refractivity contribution in [2.75, 3.05) is 33.5 Å². The van der Waals surface area contributed by atoms with E-state index in [9.17, 15) is 94.8 Å². The van der Waals surface area contributed by atoms with Gasteiger partial charge in [0.05, 0.1) is 38.6 Å². The number of methoxy groups -OCH3 is 1. The summed E-state index contributed by atoms with van der Waals surface area (Å²) in [5.74, 6) is -0.689. The maximum Gasteiger partial charge on any atom is 1.00 e. The summed E-state index contributed by atoms with van der Waals surface area (Å²) in [5, 5.41) is 115. The summed E-state index contributed by atoms with van der Waals surface area (Å²) >= 11 is 0. The van der Waals surface area contributed by atoms with Crippen LogP contribution in [0.4, 0.5) is 0 Å². The monoisotopic (exact) mass is 1550 g/mol. The van der Waals surface area contributed by atoms with E-state index in [1.54, 1.807) is 6.92 Å². The molecule has 5 heterocycles. The fourth-order valence-corrected chi connectivity index (χ4v) is 18.5. The van der Waals surface area contributed by atoms with Gasteiger partial charge in [-0.1, -0.05) is 57.9 Å². The van der Waals surface area contributed by atoms with E-state index in [4.69, 9.17) is 61.0 Å². The van der Waals surface area contributed by atoms with Crippen molar-refractivity contribution in [2.24, 2.45) is 39.4 Å². The minimum Gasteiger partial charge on any atom is -0.726 e. The number of hydrogen-bond acceptors (Lipinski definition) is 35. The van der Waals surface area contributed by atoms with Crippen LogP contribution in [0.25, 0.3) is 0 Å². The SMILES string of the molecule is CO[C@@H]1[C@@H](O)[C@H](O[C@@H]2[C@@H](O)[C@H](O[C@H]3[C@H](O)[C@@H](O[C@@H]4OC[C@@H](O)[C@H](O)[C@H]4O)[C@H](O[C@H]4[C@H](O[C@H]5CC[C@]6(C)[C@@H]7CC[C@]8(C)[C@@H]([C@@](C)(O)[C@@H](CC=C(C)C)OC(C)=O)CC[C@@]8(C)C7=CC[C@H]6C5(C)C)OC[C@@H](OS(=O)(=O)[O-])[C@@H]4O)O[C@@H]3C)O[C@H](COS(=O)(=O)[O-])[C@H]2O)O[C@H](COS(=O)(=O)[O-])[C@H]1O.[Na+].[Na+].[Na+]. The Morgan fingerprint density at radius 2 is 1.17 bits per heavy atom. The van der Waals surface area contributed by atoms with Gasteiger partial charge in [0, 0.05) is 20.5 Å². The third-order valence-electron chi connectivity index (χ3n) is 22.8. The van der Waals surface area contributed by atoms with Gasteiger partial charge in [-0.3, -0.25) is 17.3 Å². The van der Waals surface area contributed by atoms with Crippen LogP contribution in [-0.2, 0) is 105 Å². The number of ether oxygens (including phenoxy) is 12. The van der Waals surface area contributed by atoms with Crippen LogP contribution in [0.15, 0.2) is 23.3 Å². The zero-order valence-corrected chi connectivity index (χ0v) is 68.2. The Morgan fingerprint density at radius 3 is 1.73 bits per heavy atom. The fourth-order valence-electron chi connectivity index (χ4n) is 17.4. The number of hydrogen-bond donors (Lipinski definition) is 10. The van der Waals surface area contributed by atoms with Gasteiger partial charge in [-0.15, -0.1) is 0 Å². The molecule has 5 aliphatic heterocycles. The third-order valence-corrected chi connectivity index (χ3v) is 24.1. The summed E-state index contributed by atoms with van der Waals surface area (Å²) < 4.78 is 191. The molecule has 32 atom stereocenters. The van der Waals surface area contributed by atoms with Crippen LogP contribution in [0.5, 0.6) is 0 Å². The summed E-state index contributed by atoms with van der Waals surface area (Å²) in [6, 6.07) is 0. The number of carbonyl (C=O) groups excluding carboxylic acids is 1. The Balaban J connectivity index is 0.00000545. The minimum absolute atomic E-state index is 0. The largest absolute Gasteiger partial charge is 1.00 e. The van der Waals surface area contributed by atoms with Crippen LogP contribution in [0.1, 0.15) is 121 Å². The average molecular weight is 1560 g/mol. The van der Waals surface area contributed by atoms with Crippen LogP contribution in [0, 0.1) is 39.4 Å². The summed E-state index contributed by atoms with van der Waals surface area (Å²) in [7, 11) is -15.6. The number of allylic oxidation sites excluding steroid dienone is 3. The number of esters is 1. The van der Waals surface area contributed by atoms with Crippen molar-refractivity contribution in [3.05, 3.63) is 23.3 Å². The molecule has 4 aliphatic carbocycles. The van der Waals surface area contributed by atoms with Crippen LogP contribution < -0.4 is 88.7 Å². The predicted molar refractivity (Wildman–Crippen MR) is 325 cm³/mol. The molecule has 3 saturated carbocycles. The second-order valence-electron chi connectivity index (χ2n) is 29.4. The number of aliphatic hydroxyl groups is 10. The van der Waals surface area contributed by atoms with E-state index in [2.05, 4.69) is 35.2 Å². The summed E-state index contributed by atoms with van der Waals surface area (Å²) in [5.41, 5.74) is -0.836. The maximum atomic E-state index is 12.6. The van der Waals surface area contributed by atoms with E-state index in [1.807, 2.05) is 33.8 Å². The first-order chi connectivity index (χ1) is 45.8. The van der Waals surface area contributed by atoms with Gasteiger partial charge in [0.15, 0.2) is 31.5 Å². The first-order valence-electron chi connectivity index (χ1n) is 33.0. The second-order valence-corrected chi connectivity index (χ2v) is 32.5. The molecular formula is C61H97Na3O35S3. The van der Waals surface area contributed by atoms with Crippen LogP contribution >= 0.6 is 0 Å². The van der Waals surface area contributed by atoms with Crippen molar-refractivity contribution < 1.29 is 253 Å². The van der Waals surface area contributed by atoms with Gasteiger partial charge >= 0.3 is 94.6 Å². The smallest absolute Gasteiger partial charge is 0.726 e. The normalized spacial score (nSPS) is 44.6. The first-order valence-corrected chi connectivity index (χ1v) is 37.0. The Kier molecular flexibility index (Phi) is 31.8. The molecule has 0 spiro atoms. The molecule has 102 heavy (non-hydrogen) atoms. The zero-order valence-electron chi connectivity index (χ0n) is 59.7. The van der Waals surface area contributed by atoms with Gasteiger partial charge in [0.25, 0.3) is 0 Å². The minimum atomic E-state index is -5.59. The number of aliphatic hydroxyl groups excluding tert-OH is 9. The molecular weight excluding hydrogens is 1460 g/mol. The van der Waals surface area contributed by atoms with Crippen LogP contribution in [0.3, 0.4) is 0 Å². The van der Waals surface area contributed by atoms with E-state index in [-0.39, 0.29) is 117 Å². The van der Waals surface area contributed by atoms with E-state index in [0.29, 0.717) is 32.1 Å². The molecule has 8 fully saturated rings. The topological polar surface area (TPSA) is 529 Å². The Labute approximate surface area is 660 Å². The molecule has 0 radical (unpaired) electrons. The summed E-state index contributed by atoms with van der Waals surface area (Å²) in [4.78, 5) is 12.5. The van der Waals surface area contributed by atoms with Gasteiger partial charge in [0.1, 0.15) is 115 Å². The molecule has 0 amide bonds. The Morgan fingerprint density at radius 1 is 0.627 bits per heavy atom. The Bertz CT molecular complexity index is 3230. The fraction of sp³-hybridized carbons (Fsp3) is 0.918. The molecule has 10 N–H and O–H groups in total.